The Morgan fingerprint density at radius 2 is 2.20 bits per heavy atom. The largest absolute Gasteiger partial charge is 0.368 e. The smallest absolute Gasteiger partial charge is 0.237 e. The lowest BCUT2D eigenvalue weighted by atomic mass is 10.0. The molecule has 1 unspecified atom stereocenters. The molecule has 1 rings (SSSR count). The molecule has 0 aromatic carbocycles. The lowest BCUT2D eigenvalue weighted by Gasteiger charge is -2.31. The quantitative estimate of drug-likeness (QED) is 0.555. The van der Waals surface area contributed by atoms with Gasteiger partial charge in [-0.15, -0.1) is 0 Å². The van der Waals surface area contributed by atoms with E-state index in [2.05, 4.69) is 0 Å². The third-order valence-electron chi connectivity index (χ3n) is 2.75. The molecule has 0 aromatic heterocycles. The fraction of sp³-hybridized carbons (Fsp3) is 0.769. The van der Waals surface area contributed by atoms with E-state index in [9.17, 15) is 14.4 Å². The predicted octanol–water partition coefficient (Wildman–Crippen LogP) is -1.05. The monoisotopic (exact) mass is 294 g/mol. The number of nitrogens with zero attached hydrogens (tertiary/aromatic N) is 1. The first kappa shape index (κ1) is 6.89. The number of carbonyl (C=O) groups is 3. The summed E-state index contributed by atoms with van der Waals surface area (Å²) in [6, 6.07) is -4.84. The van der Waals surface area contributed by atoms with E-state index in [1.807, 2.05) is 5.32 Å². The number of carbonyl (C=O) groups excluding carboxylic acids is 3. The van der Waals surface area contributed by atoms with Gasteiger partial charge in [0.25, 0.3) is 0 Å². The highest BCUT2D eigenvalue weighted by molar-refractivity contribution is 5.88. The van der Waals surface area contributed by atoms with Crippen LogP contribution >= 0.6 is 0 Å². The summed E-state index contributed by atoms with van der Waals surface area (Å²) >= 11 is 0. The zero-order chi connectivity index (χ0) is 23.9. The predicted molar refractivity (Wildman–Crippen MR) is 74.4 cm³/mol. The number of hydrogen-bond acceptors (Lipinski definition) is 4. The number of hydrogen-bond donors (Lipinski definition) is 3. The highest BCUT2D eigenvalue weighted by Crippen LogP contribution is 2.23. The van der Waals surface area contributed by atoms with Crippen LogP contribution in [0.3, 0.4) is 0 Å². The van der Waals surface area contributed by atoms with Crippen LogP contribution in [0.25, 0.3) is 0 Å². The first-order valence-electron chi connectivity index (χ1n) is 10.9. The van der Waals surface area contributed by atoms with Gasteiger partial charge in [-0.1, -0.05) is 13.7 Å². The van der Waals surface area contributed by atoms with E-state index in [0.717, 1.165) is 0 Å². The molecule has 5 N–H and O–H groups in total. The number of nitrogens with two attached hydrogens (primary N) is 2. The van der Waals surface area contributed by atoms with Gasteiger partial charge in [-0.25, -0.2) is 0 Å². The normalized spacial score (nSPS) is 32.3. The Kier molecular flexibility index (Phi) is 2.49. The summed E-state index contributed by atoms with van der Waals surface area (Å²) in [4.78, 5) is 36.4. The van der Waals surface area contributed by atoms with Crippen molar-refractivity contribution in [3.05, 3.63) is 0 Å². The molecule has 1 aliphatic rings. The Bertz CT molecular complexity index is 696. The van der Waals surface area contributed by atoms with Gasteiger partial charge in [0.05, 0.1) is 20.0 Å². The summed E-state index contributed by atoms with van der Waals surface area (Å²) in [6.45, 7) is -8.81. The maximum Gasteiger partial charge on any atom is 0.237 e. The molecule has 1 saturated heterocycles. The van der Waals surface area contributed by atoms with Gasteiger partial charge in [-0.05, 0) is 31.7 Å². The first-order valence-corrected chi connectivity index (χ1v) is 5.89. The van der Waals surface area contributed by atoms with Crippen LogP contribution in [0, 0.1) is 5.89 Å². The maximum absolute atomic E-state index is 12.9. The summed E-state index contributed by atoms with van der Waals surface area (Å²) in [5.41, 5.74) is 10.2. The second-order valence-electron chi connectivity index (χ2n) is 4.25. The van der Waals surface area contributed by atoms with Gasteiger partial charge in [-0.3, -0.25) is 19.3 Å². The van der Waals surface area contributed by atoms with Gasteiger partial charge < -0.3 is 16.8 Å². The number of nitrogens with one attached hydrogen (secondary N) is 1. The SMILES string of the molecule is [2H]C([2H])([2H])C([2H])(C([2H])([2H])[2H])C([2H])([2H])[C@@]([2H])(C(=O)NCC(N)=O)N1CCCC1C(N)=O. The third kappa shape index (κ3) is 4.48. The van der Waals surface area contributed by atoms with Crippen LogP contribution < -0.4 is 16.8 Å². The molecule has 0 aliphatic carbocycles. The van der Waals surface area contributed by atoms with Crippen molar-refractivity contribution in [1.29, 1.82) is 0 Å². The molecule has 114 valence electrons. The molecule has 0 saturated carbocycles. The molecule has 0 bridgehead atoms. The summed E-state index contributed by atoms with van der Waals surface area (Å²) in [5, 5.41) is 1.85. The van der Waals surface area contributed by atoms with E-state index in [-0.39, 0.29) is 19.4 Å². The summed E-state index contributed by atoms with van der Waals surface area (Å²) < 4.78 is 78.8. The van der Waals surface area contributed by atoms with Gasteiger partial charge in [-0.2, -0.15) is 0 Å². The average molecular weight is 294 g/mol. The summed E-state index contributed by atoms with van der Waals surface area (Å²) in [7, 11) is 0. The van der Waals surface area contributed by atoms with Crippen molar-refractivity contribution in [3.63, 3.8) is 0 Å². The van der Waals surface area contributed by atoms with Crippen molar-refractivity contribution in [1.82, 2.24) is 10.2 Å². The Balaban J connectivity index is 3.81. The standard InChI is InChI=1S/C13H24N4O3/c1-8(2)6-10(13(20)16-7-11(14)18)17-5-3-4-9(17)12(15)19/h8-10H,3-7H2,1-2H3,(H2,14,18)(H2,15,19)(H,16,20)/t9?,10-/m0/s1/i1D3,2D3,6D2,8D,10D. The molecule has 2 atom stereocenters. The molecule has 0 aromatic rings. The first-order chi connectivity index (χ1) is 13.3. The molecule has 1 heterocycles. The van der Waals surface area contributed by atoms with Crippen molar-refractivity contribution in [2.75, 3.05) is 13.1 Å². The Morgan fingerprint density at radius 3 is 2.75 bits per heavy atom. The van der Waals surface area contributed by atoms with Gasteiger partial charge >= 0.3 is 0 Å². The van der Waals surface area contributed by atoms with E-state index < -0.39 is 62.3 Å². The van der Waals surface area contributed by atoms with Crippen molar-refractivity contribution < 1.29 is 28.1 Å². The minimum absolute atomic E-state index is 0.0122. The molecule has 1 aliphatic heterocycles. The van der Waals surface area contributed by atoms with Crippen LogP contribution in [0.1, 0.15) is 46.6 Å². The number of rotatable bonds is 7. The zero-order valence-electron chi connectivity index (χ0n) is 20.7. The average Bonchev–Trinajstić information content (AvgIpc) is 3.05. The third-order valence-corrected chi connectivity index (χ3v) is 2.75. The molecule has 7 heteroatoms. The fourth-order valence-electron chi connectivity index (χ4n) is 1.96. The molecule has 1 fully saturated rings. The maximum atomic E-state index is 12.9. The van der Waals surface area contributed by atoms with E-state index in [0.29, 0.717) is 4.90 Å². The summed E-state index contributed by atoms with van der Waals surface area (Å²) in [5.74, 6) is -7.74. The van der Waals surface area contributed by atoms with E-state index in [1.54, 1.807) is 0 Å². The van der Waals surface area contributed by atoms with Gasteiger partial charge in [0, 0.05) is 12.3 Å². The van der Waals surface area contributed by atoms with E-state index in [4.69, 9.17) is 25.2 Å². The van der Waals surface area contributed by atoms with Crippen LogP contribution in [0.2, 0.25) is 0 Å². The van der Waals surface area contributed by atoms with Gasteiger partial charge in [0.15, 0.2) is 0 Å². The van der Waals surface area contributed by atoms with Crippen LogP contribution in [0.4, 0.5) is 0 Å². The summed E-state index contributed by atoms with van der Waals surface area (Å²) in [6.07, 6.45) is -3.78. The van der Waals surface area contributed by atoms with Crippen LogP contribution in [0.5, 0.6) is 0 Å². The molecule has 0 radical (unpaired) electrons. The lowest BCUT2D eigenvalue weighted by molar-refractivity contribution is -0.132. The number of likely N-dealkylation sites (tertiary alicyclic amines) is 1. The molecule has 3 amide bonds. The Labute approximate surface area is 133 Å². The highest BCUT2D eigenvalue weighted by Gasteiger charge is 2.37. The van der Waals surface area contributed by atoms with Gasteiger partial charge in [0.2, 0.25) is 17.7 Å². The Morgan fingerprint density at radius 1 is 1.50 bits per heavy atom. The van der Waals surface area contributed by atoms with Crippen LogP contribution in [-0.4, -0.2) is 47.8 Å². The van der Waals surface area contributed by atoms with Crippen LogP contribution in [0.15, 0.2) is 0 Å². The minimum atomic E-state index is -3.97. The zero-order valence-corrected chi connectivity index (χ0v) is 10.7. The fourth-order valence-corrected chi connectivity index (χ4v) is 1.96. The number of amides is 3. The van der Waals surface area contributed by atoms with Crippen LogP contribution in [-0.2, 0) is 14.4 Å². The number of primary amides is 2. The van der Waals surface area contributed by atoms with E-state index in [1.165, 1.54) is 0 Å². The van der Waals surface area contributed by atoms with E-state index >= 15 is 0 Å². The molecule has 7 nitrogen and oxygen atoms in total. The highest BCUT2D eigenvalue weighted by atomic mass is 16.2. The van der Waals surface area contributed by atoms with Crippen molar-refractivity contribution in [2.45, 2.75) is 45.0 Å². The second-order valence-corrected chi connectivity index (χ2v) is 4.25. The second kappa shape index (κ2) is 7.23. The topological polar surface area (TPSA) is 119 Å². The molecule has 0 spiro atoms. The lowest BCUT2D eigenvalue weighted by Crippen LogP contribution is -2.53. The van der Waals surface area contributed by atoms with Crippen molar-refractivity contribution in [2.24, 2.45) is 17.4 Å². The molecule has 20 heavy (non-hydrogen) atoms. The molecular weight excluding hydrogens is 260 g/mol. The Hall–Kier alpha value is -1.63. The van der Waals surface area contributed by atoms with Gasteiger partial charge in [0.1, 0.15) is 0 Å². The van der Waals surface area contributed by atoms with Crippen molar-refractivity contribution >= 4 is 17.7 Å². The molecular formula is C13H24N4O3. The minimum Gasteiger partial charge on any atom is -0.368 e. The van der Waals surface area contributed by atoms with Crippen molar-refractivity contribution in [3.8, 4) is 0 Å².